The Labute approximate surface area is 118 Å². The van der Waals surface area contributed by atoms with Crippen molar-refractivity contribution >= 4 is 5.97 Å². The number of unbranched alkanes of at least 4 members (excludes halogenated alkanes) is 5. The first-order valence-electron chi connectivity index (χ1n) is 7.47. The van der Waals surface area contributed by atoms with Gasteiger partial charge in [0.25, 0.3) is 0 Å². The highest BCUT2D eigenvalue weighted by molar-refractivity contribution is 5.64. The molecule has 4 nitrogen and oxygen atoms in total. The number of carboxylic acids is 1. The smallest absolute Gasteiger partial charge is 0.112 e. The zero-order valence-corrected chi connectivity index (χ0v) is 13.1. The summed E-state index contributed by atoms with van der Waals surface area (Å²) in [6, 6.07) is 0. The zero-order valence-electron chi connectivity index (χ0n) is 13.1. The zero-order chi connectivity index (χ0) is 14.7. The van der Waals surface area contributed by atoms with Crippen LogP contribution in [-0.2, 0) is 9.53 Å². The lowest BCUT2D eigenvalue weighted by atomic mass is 10.1. The summed E-state index contributed by atoms with van der Waals surface area (Å²) in [5.41, 5.74) is 0. The average molecular weight is 273 g/mol. The number of rotatable bonds is 12. The second-order valence-electron chi connectivity index (χ2n) is 6.31. The number of carboxylic acid groups (broad SMARTS) is 1. The predicted octanol–water partition coefficient (Wildman–Crippen LogP) is 1.58. The van der Waals surface area contributed by atoms with E-state index >= 15 is 0 Å². The first kappa shape index (κ1) is 18.4. The van der Waals surface area contributed by atoms with E-state index in [1.807, 2.05) is 21.1 Å². The van der Waals surface area contributed by atoms with Crippen molar-refractivity contribution < 1.29 is 19.1 Å². The van der Waals surface area contributed by atoms with Crippen LogP contribution in [0.5, 0.6) is 0 Å². The minimum Gasteiger partial charge on any atom is -0.550 e. The molecule has 114 valence electrons. The Morgan fingerprint density at radius 3 is 2.21 bits per heavy atom. The van der Waals surface area contributed by atoms with Crippen LogP contribution in [0.3, 0.4) is 0 Å². The molecule has 0 N–H and O–H groups in total. The molecule has 4 heteroatoms. The Kier molecular flexibility index (Phi) is 9.88. The highest BCUT2D eigenvalue weighted by Gasteiger charge is 2.18. The normalized spacial score (nSPS) is 13.5. The first-order valence-corrected chi connectivity index (χ1v) is 7.47. The van der Waals surface area contributed by atoms with Crippen molar-refractivity contribution in [2.24, 2.45) is 0 Å². The molecule has 19 heavy (non-hydrogen) atoms. The summed E-state index contributed by atoms with van der Waals surface area (Å²) in [6.07, 6.45) is 7.04. The summed E-state index contributed by atoms with van der Waals surface area (Å²) in [6.45, 7) is 3.56. The van der Waals surface area contributed by atoms with Crippen LogP contribution in [-0.4, -0.2) is 50.9 Å². The molecule has 0 aromatic heterocycles. The highest BCUT2D eigenvalue weighted by atomic mass is 16.5. The summed E-state index contributed by atoms with van der Waals surface area (Å²) in [5.74, 6) is -1.03. The van der Waals surface area contributed by atoms with Gasteiger partial charge in [-0.15, -0.1) is 0 Å². The SMILES string of the molecule is CCCCCCCCO[C@H](CC(=O)[O-])C[N+](C)(C)C. The second kappa shape index (κ2) is 10.2. The maximum absolute atomic E-state index is 10.7. The number of quaternary nitrogens is 1. The van der Waals surface area contributed by atoms with Crippen molar-refractivity contribution in [1.29, 1.82) is 0 Å². The van der Waals surface area contributed by atoms with Crippen molar-refractivity contribution in [3.8, 4) is 0 Å². The largest absolute Gasteiger partial charge is 0.550 e. The predicted molar refractivity (Wildman–Crippen MR) is 75.6 cm³/mol. The van der Waals surface area contributed by atoms with E-state index in [2.05, 4.69) is 6.92 Å². The van der Waals surface area contributed by atoms with Gasteiger partial charge in [-0.25, -0.2) is 0 Å². The fourth-order valence-corrected chi connectivity index (χ4v) is 2.11. The third kappa shape index (κ3) is 13.6. The summed E-state index contributed by atoms with van der Waals surface area (Å²) in [4.78, 5) is 10.7. The molecular formula is C15H31NO3. The second-order valence-corrected chi connectivity index (χ2v) is 6.31. The van der Waals surface area contributed by atoms with Crippen LogP contribution in [0.4, 0.5) is 0 Å². The van der Waals surface area contributed by atoms with Crippen LogP contribution in [0.2, 0.25) is 0 Å². The van der Waals surface area contributed by atoms with Gasteiger partial charge in [-0.05, 0) is 6.42 Å². The molecule has 0 bridgehead atoms. The number of likely N-dealkylation sites (N-methyl/N-ethyl adjacent to an activating group) is 1. The number of carbonyl (C=O) groups is 1. The third-order valence-corrected chi connectivity index (χ3v) is 3.00. The molecule has 0 aromatic rings. The Balaban J connectivity index is 3.77. The van der Waals surface area contributed by atoms with Crippen molar-refractivity contribution in [3.05, 3.63) is 0 Å². The molecule has 0 aliphatic heterocycles. The average Bonchev–Trinajstić information content (AvgIpc) is 2.24. The lowest BCUT2D eigenvalue weighted by Gasteiger charge is -2.29. The summed E-state index contributed by atoms with van der Waals surface area (Å²) < 4.78 is 6.40. The monoisotopic (exact) mass is 273 g/mol. The molecule has 0 fully saturated rings. The maximum atomic E-state index is 10.7. The van der Waals surface area contributed by atoms with Crippen LogP contribution >= 0.6 is 0 Å². The fraction of sp³-hybridized carbons (Fsp3) is 0.933. The van der Waals surface area contributed by atoms with Gasteiger partial charge in [0.05, 0.1) is 21.1 Å². The van der Waals surface area contributed by atoms with E-state index in [1.54, 1.807) is 0 Å². The Morgan fingerprint density at radius 2 is 1.68 bits per heavy atom. The Bertz CT molecular complexity index is 236. The van der Waals surface area contributed by atoms with Gasteiger partial charge in [0, 0.05) is 19.0 Å². The molecule has 0 amide bonds. The minimum atomic E-state index is -1.03. The third-order valence-electron chi connectivity index (χ3n) is 3.00. The molecule has 0 saturated carbocycles. The molecule has 0 unspecified atom stereocenters. The molecule has 0 rings (SSSR count). The van der Waals surface area contributed by atoms with Crippen LogP contribution in [0.1, 0.15) is 51.9 Å². The number of ether oxygens (including phenoxy) is 1. The molecule has 0 radical (unpaired) electrons. The molecular weight excluding hydrogens is 242 g/mol. The van der Waals surface area contributed by atoms with Crippen LogP contribution in [0, 0.1) is 0 Å². The van der Waals surface area contributed by atoms with E-state index in [0.717, 1.165) is 6.42 Å². The number of aliphatic carboxylic acids is 1. The van der Waals surface area contributed by atoms with E-state index in [-0.39, 0.29) is 12.5 Å². The quantitative estimate of drug-likeness (QED) is 0.401. The van der Waals surface area contributed by atoms with Gasteiger partial charge < -0.3 is 19.1 Å². The molecule has 0 saturated heterocycles. The minimum absolute atomic E-state index is 0.00858. The van der Waals surface area contributed by atoms with Crippen molar-refractivity contribution in [2.45, 2.75) is 58.0 Å². The van der Waals surface area contributed by atoms with E-state index in [1.165, 1.54) is 32.1 Å². The topological polar surface area (TPSA) is 49.4 Å². The number of hydrogen-bond donors (Lipinski definition) is 0. The van der Waals surface area contributed by atoms with E-state index in [9.17, 15) is 9.90 Å². The molecule has 1 atom stereocenters. The maximum Gasteiger partial charge on any atom is 0.112 e. The van der Waals surface area contributed by atoms with Crippen molar-refractivity contribution in [3.63, 3.8) is 0 Å². The number of carbonyl (C=O) groups excluding carboxylic acids is 1. The lowest BCUT2D eigenvalue weighted by Crippen LogP contribution is -2.44. The van der Waals surface area contributed by atoms with Gasteiger partial charge in [-0.2, -0.15) is 0 Å². The van der Waals surface area contributed by atoms with E-state index < -0.39 is 5.97 Å². The van der Waals surface area contributed by atoms with E-state index in [4.69, 9.17) is 4.74 Å². The standard InChI is InChI=1S/C15H31NO3/c1-5-6-7-8-9-10-11-19-14(12-15(17)18)13-16(2,3)4/h14H,5-13H2,1-4H3/t14-/m1/s1. The van der Waals surface area contributed by atoms with Crippen LogP contribution in [0.25, 0.3) is 0 Å². The Morgan fingerprint density at radius 1 is 1.11 bits per heavy atom. The summed E-state index contributed by atoms with van der Waals surface area (Å²) >= 11 is 0. The molecule has 0 aliphatic rings. The first-order chi connectivity index (χ1) is 8.85. The fourth-order valence-electron chi connectivity index (χ4n) is 2.11. The van der Waals surface area contributed by atoms with Gasteiger partial charge in [-0.1, -0.05) is 39.0 Å². The number of hydrogen-bond acceptors (Lipinski definition) is 3. The van der Waals surface area contributed by atoms with Crippen LogP contribution in [0.15, 0.2) is 0 Å². The summed E-state index contributed by atoms with van der Waals surface area (Å²) in [5, 5.41) is 10.7. The van der Waals surface area contributed by atoms with Gasteiger partial charge in [0.1, 0.15) is 12.6 Å². The van der Waals surface area contributed by atoms with Gasteiger partial charge >= 0.3 is 0 Å². The molecule has 0 spiro atoms. The molecule has 0 heterocycles. The van der Waals surface area contributed by atoms with Gasteiger partial charge in [0.2, 0.25) is 0 Å². The van der Waals surface area contributed by atoms with Gasteiger partial charge in [0.15, 0.2) is 0 Å². The van der Waals surface area contributed by atoms with Crippen LogP contribution < -0.4 is 5.11 Å². The van der Waals surface area contributed by atoms with Crippen molar-refractivity contribution in [1.82, 2.24) is 0 Å². The molecule has 0 aromatic carbocycles. The lowest BCUT2D eigenvalue weighted by molar-refractivity contribution is -0.873. The summed E-state index contributed by atoms with van der Waals surface area (Å²) in [7, 11) is 6.11. The van der Waals surface area contributed by atoms with Gasteiger partial charge in [-0.3, -0.25) is 0 Å². The highest BCUT2D eigenvalue weighted by Crippen LogP contribution is 2.08. The number of nitrogens with zero attached hydrogens (tertiary/aromatic N) is 1. The van der Waals surface area contributed by atoms with Crippen molar-refractivity contribution in [2.75, 3.05) is 34.3 Å². The Hall–Kier alpha value is -0.610. The molecule has 0 aliphatic carbocycles. The van der Waals surface area contributed by atoms with E-state index in [0.29, 0.717) is 17.6 Å².